The Balaban J connectivity index is 2.33. The molecule has 2 N–H and O–H groups in total. The number of carbonyl (C=O) groups is 1. The number of anilines is 2. The SMILES string of the molecule is CN(C)C(=O)c1ccc(N)cc1N(C)Cc1cccnc1. The molecule has 0 aliphatic carbocycles. The van der Waals surface area contributed by atoms with Crippen molar-refractivity contribution in [3.63, 3.8) is 0 Å². The molecule has 2 rings (SSSR count). The highest BCUT2D eigenvalue weighted by atomic mass is 16.2. The lowest BCUT2D eigenvalue weighted by Crippen LogP contribution is -2.26. The Hall–Kier alpha value is -2.56. The van der Waals surface area contributed by atoms with E-state index in [-0.39, 0.29) is 5.91 Å². The van der Waals surface area contributed by atoms with Gasteiger partial charge in [-0.1, -0.05) is 6.07 Å². The van der Waals surface area contributed by atoms with Crippen LogP contribution in [0.15, 0.2) is 42.7 Å². The van der Waals surface area contributed by atoms with E-state index in [1.165, 1.54) is 0 Å². The van der Waals surface area contributed by atoms with Crippen molar-refractivity contribution in [2.45, 2.75) is 6.54 Å². The highest BCUT2D eigenvalue weighted by Gasteiger charge is 2.16. The molecule has 0 radical (unpaired) electrons. The molecule has 1 heterocycles. The molecule has 110 valence electrons. The molecule has 1 aromatic carbocycles. The van der Waals surface area contributed by atoms with E-state index in [0.717, 1.165) is 11.3 Å². The van der Waals surface area contributed by atoms with Crippen LogP contribution in [0.4, 0.5) is 11.4 Å². The Morgan fingerprint density at radius 1 is 1.24 bits per heavy atom. The number of nitrogens with zero attached hydrogens (tertiary/aromatic N) is 3. The number of pyridine rings is 1. The highest BCUT2D eigenvalue weighted by molar-refractivity contribution is 6.00. The lowest BCUT2D eigenvalue weighted by molar-refractivity contribution is 0.0828. The molecule has 0 saturated carbocycles. The zero-order chi connectivity index (χ0) is 15.4. The molecule has 0 spiro atoms. The van der Waals surface area contributed by atoms with Crippen LogP contribution >= 0.6 is 0 Å². The van der Waals surface area contributed by atoms with Crippen LogP contribution in [-0.4, -0.2) is 36.9 Å². The summed E-state index contributed by atoms with van der Waals surface area (Å²) in [7, 11) is 5.42. The first-order valence-electron chi connectivity index (χ1n) is 6.70. The molecule has 0 saturated heterocycles. The molecule has 0 aliphatic heterocycles. The third-order valence-electron chi connectivity index (χ3n) is 3.21. The topological polar surface area (TPSA) is 62.5 Å². The van der Waals surface area contributed by atoms with Gasteiger partial charge in [0.1, 0.15) is 0 Å². The van der Waals surface area contributed by atoms with Crippen LogP contribution < -0.4 is 10.6 Å². The van der Waals surface area contributed by atoms with Gasteiger partial charge in [-0.05, 0) is 29.8 Å². The number of hydrogen-bond donors (Lipinski definition) is 1. The van der Waals surface area contributed by atoms with E-state index in [0.29, 0.717) is 17.8 Å². The minimum atomic E-state index is -0.0389. The van der Waals surface area contributed by atoms with Crippen molar-refractivity contribution in [2.75, 3.05) is 31.8 Å². The molecule has 5 heteroatoms. The van der Waals surface area contributed by atoms with Gasteiger partial charge in [0.2, 0.25) is 0 Å². The standard InChI is InChI=1S/C16H20N4O/c1-19(2)16(21)14-7-6-13(17)9-15(14)20(3)11-12-5-4-8-18-10-12/h4-10H,11,17H2,1-3H3. The predicted octanol–water partition coefficient (Wildman–Crippen LogP) is 2.00. The van der Waals surface area contributed by atoms with E-state index in [4.69, 9.17) is 5.73 Å². The van der Waals surface area contributed by atoms with Crippen molar-refractivity contribution in [2.24, 2.45) is 0 Å². The Bertz CT molecular complexity index is 625. The maximum absolute atomic E-state index is 12.3. The number of hydrogen-bond acceptors (Lipinski definition) is 4. The van der Waals surface area contributed by atoms with Gasteiger partial charge in [-0.2, -0.15) is 0 Å². The average molecular weight is 284 g/mol. The largest absolute Gasteiger partial charge is 0.399 e. The molecule has 0 atom stereocenters. The maximum atomic E-state index is 12.3. The van der Waals surface area contributed by atoms with Crippen molar-refractivity contribution in [3.8, 4) is 0 Å². The molecule has 21 heavy (non-hydrogen) atoms. The molecule has 5 nitrogen and oxygen atoms in total. The zero-order valence-electron chi connectivity index (χ0n) is 12.6. The van der Waals surface area contributed by atoms with Crippen molar-refractivity contribution in [3.05, 3.63) is 53.9 Å². The fourth-order valence-corrected chi connectivity index (χ4v) is 2.14. The van der Waals surface area contributed by atoms with Crippen molar-refractivity contribution < 1.29 is 4.79 Å². The average Bonchev–Trinajstić information content (AvgIpc) is 2.47. The summed E-state index contributed by atoms with van der Waals surface area (Å²) in [6.07, 6.45) is 3.56. The molecule has 0 unspecified atom stereocenters. The van der Waals surface area contributed by atoms with Crippen LogP contribution in [0.3, 0.4) is 0 Å². The Morgan fingerprint density at radius 3 is 2.62 bits per heavy atom. The van der Waals surface area contributed by atoms with Gasteiger partial charge in [0.25, 0.3) is 5.91 Å². The van der Waals surface area contributed by atoms with Crippen molar-refractivity contribution >= 4 is 17.3 Å². The fourth-order valence-electron chi connectivity index (χ4n) is 2.14. The Labute approximate surface area is 125 Å². The molecular formula is C16H20N4O. The van der Waals surface area contributed by atoms with E-state index in [2.05, 4.69) is 4.98 Å². The van der Waals surface area contributed by atoms with Gasteiger partial charge in [-0.25, -0.2) is 0 Å². The van der Waals surface area contributed by atoms with Crippen molar-refractivity contribution in [1.29, 1.82) is 0 Å². The van der Waals surface area contributed by atoms with Crippen LogP contribution in [0, 0.1) is 0 Å². The summed E-state index contributed by atoms with van der Waals surface area (Å²) in [5.74, 6) is -0.0389. The van der Waals surface area contributed by atoms with Gasteiger partial charge >= 0.3 is 0 Å². The van der Waals surface area contributed by atoms with E-state index < -0.39 is 0 Å². The van der Waals surface area contributed by atoms with Gasteiger partial charge in [-0.15, -0.1) is 0 Å². The smallest absolute Gasteiger partial charge is 0.255 e. The predicted molar refractivity (Wildman–Crippen MR) is 85.2 cm³/mol. The quantitative estimate of drug-likeness (QED) is 0.872. The minimum Gasteiger partial charge on any atom is -0.399 e. The summed E-state index contributed by atoms with van der Waals surface area (Å²) in [4.78, 5) is 20.0. The third-order valence-corrected chi connectivity index (χ3v) is 3.21. The monoisotopic (exact) mass is 284 g/mol. The van der Waals surface area contributed by atoms with Gasteiger partial charge in [0.15, 0.2) is 0 Å². The van der Waals surface area contributed by atoms with Crippen LogP contribution in [0.1, 0.15) is 15.9 Å². The lowest BCUT2D eigenvalue weighted by atomic mass is 10.1. The summed E-state index contributed by atoms with van der Waals surface area (Å²) >= 11 is 0. The number of aromatic nitrogens is 1. The first-order chi connectivity index (χ1) is 9.99. The Morgan fingerprint density at radius 2 is 2.00 bits per heavy atom. The number of benzene rings is 1. The Kier molecular flexibility index (Phi) is 4.42. The van der Waals surface area contributed by atoms with Crippen LogP contribution in [-0.2, 0) is 6.54 Å². The van der Waals surface area contributed by atoms with Crippen LogP contribution in [0.2, 0.25) is 0 Å². The van der Waals surface area contributed by atoms with E-state index in [9.17, 15) is 4.79 Å². The molecule has 0 aliphatic rings. The number of carbonyl (C=O) groups excluding carboxylic acids is 1. The molecule has 2 aromatic rings. The number of amides is 1. The number of nitrogen functional groups attached to an aromatic ring is 1. The first kappa shape index (κ1) is 14.8. The van der Waals surface area contributed by atoms with Crippen molar-refractivity contribution in [1.82, 2.24) is 9.88 Å². The normalized spacial score (nSPS) is 10.2. The number of rotatable bonds is 4. The zero-order valence-corrected chi connectivity index (χ0v) is 12.6. The molecule has 1 aromatic heterocycles. The van der Waals surface area contributed by atoms with Gasteiger partial charge in [-0.3, -0.25) is 9.78 Å². The summed E-state index contributed by atoms with van der Waals surface area (Å²) < 4.78 is 0. The highest BCUT2D eigenvalue weighted by Crippen LogP contribution is 2.25. The minimum absolute atomic E-state index is 0.0389. The van der Waals surface area contributed by atoms with Crippen LogP contribution in [0.25, 0.3) is 0 Å². The lowest BCUT2D eigenvalue weighted by Gasteiger charge is -2.23. The second-order valence-corrected chi connectivity index (χ2v) is 5.19. The molecule has 1 amide bonds. The fraction of sp³-hybridized carbons (Fsp3) is 0.250. The van der Waals surface area contributed by atoms with E-state index >= 15 is 0 Å². The summed E-state index contributed by atoms with van der Waals surface area (Å²) in [6.45, 7) is 0.658. The van der Waals surface area contributed by atoms with Gasteiger partial charge in [0.05, 0.1) is 11.3 Å². The van der Waals surface area contributed by atoms with E-state index in [1.807, 2.05) is 36.3 Å². The van der Waals surface area contributed by atoms with Crippen LogP contribution in [0.5, 0.6) is 0 Å². The molecule has 0 fully saturated rings. The molecular weight excluding hydrogens is 264 g/mol. The number of nitrogens with two attached hydrogens (primary N) is 1. The van der Waals surface area contributed by atoms with E-state index in [1.54, 1.807) is 37.3 Å². The first-order valence-corrected chi connectivity index (χ1v) is 6.70. The third kappa shape index (κ3) is 3.51. The van der Waals surface area contributed by atoms with Gasteiger partial charge < -0.3 is 15.5 Å². The van der Waals surface area contributed by atoms with Gasteiger partial charge in [0, 0.05) is 45.8 Å². The molecule has 0 bridgehead atoms. The summed E-state index contributed by atoms with van der Waals surface area (Å²) in [5.41, 5.74) is 9.04. The second kappa shape index (κ2) is 6.26. The maximum Gasteiger partial charge on any atom is 0.255 e. The second-order valence-electron chi connectivity index (χ2n) is 5.19. The summed E-state index contributed by atoms with van der Waals surface area (Å²) in [6, 6.07) is 9.25. The summed E-state index contributed by atoms with van der Waals surface area (Å²) in [5, 5.41) is 0.